The van der Waals surface area contributed by atoms with Gasteiger partial charge in [-0.2, -0.15) is 0 Å². The van der Waals surface area contributed by atoms with Crippen molar-refractivity contribution in [1.29, 1.82) is 0 Å². The van der Waals surface area contributed by atoms with Gasteiger partial charge in [-0.25, -0.2) is 9.98 Å². The van der Waals surface area contributed by atoms with E-state index in [0.29, 0.717) is 23.5 Å². The number of likely N-dealkylation sites (tertiary alicyclic amines) is 1. The summed E-state index contributed by atoms with van der Waals surface area (Å²) in [6.07, 6.45) is 6.90. The summed E-state index contributed by atoms with van der Waals surface area (Å²) in [5.41, 5.74) is 0. The lowest BCUT2D eigenvalue weighted by atomic mass is 9.93. The van der Waals surface area contributed by atoms with Gasteiger partial charge in [-0.15, -0.1) is 24.0 Å². The number of nitrogens with one attached hydrogen (secondary N) is 1. The van der Waals surface area contributed by atoms with Gasteiger partial charge in [0.25, 0.3) is 0 Å². The average Bonchev–Trinajstić information content (AvgIpc) is 2.98. The highest BCUT2D eigenvalue weighted by Crippen LogP contribution is 2.27. The van der Waals surface area contributed by atoms with Crippen LogP contribution in [-0.2, 0) is 0 Å². The number of rotatable bonds is 4. The quantitative estimate of drug-likeness (QED) is 0.447. The summed E-state index contributed by atoms with van der Waals surface area (Å²) in [4.78, 5) is 11.0. The lowest BCUT2D eigenvalue weighted by Crippen LogP contribution is -2.49. The van der Waals surface area contributed by atoms with Crippen LogP contribution in [-0.4, -0.2) is 46.6 Å². The molecule has 2 heterocycles. The zero-order valence-corrected chi connectivity index (χ0v) is 16.3. The molecule has 0 aliphatic carbocycles. The van der Waals surface area contributed by atoms with Crippen molar-refractivity contribution in [3.63, 3.8) is 0 Å². The summed E-state index contributed by atoms with van der Waals surface area (Å²) in [7, 11) is 0. The van der Waals surface area contributed by atoms with Crippen LogP contribution in [0.1, 0.15) is 26.3 Å². The largest absolute Gasteiger partial charge is 0.357 e. The second-order valence-corrected chi connectivity index (χ2v) is 6.01. The first kappa shape index (κ1) is 19.3. The van der Waals surface area contributed by atoms with E-state index in [4.69, 9.17) is 11.6 Å². The van der Waals surface area contributed by atoms with E-state index in [0.717, 1.165) is 32.0 Å². The van der Waals surface area contributed by atoms with Gasteiger partial charge in [0.15, 0.2) is 5.96 Å². The molecule has 1 aromatic rings. The molecule has 5 nitrogen and oxygen atoms in total. The van der Waals surface area contributed by atoms with E-state index < -0.39 is 0 Å². The monoisotopic (exact) mass is 437 g/mol. The van der Waals surface area contributed by atoms with E-state index in [9.17, 15) is 0 Å². The Balaban J connectivity index is 0.00000242. The lowest BCUT2D eigenvalue weighted by molar-refractivity contribution is 0.189. The summed E-state index contributed by atoms with van der Waals surface area (Å²) in [5.74, 6) is 1.54. The Hall–Kier alpha value is -0.760. The van der Waals surface area contributed by atoms with Crippen molar-refractivity contribution < 1.29 is 0 Å². The maximum atomic E-state index is 5.83. The van der Waals surface area contributed by atoms with Crippen molar-refractivity contribution >= 4 is 41.5 Å². The molecule has 0 amide bonds. The molecule has 124 valence electrons. The fraction of sp³-hybridized carbons (Fsp3) is 0.600. The van der Waals surface area contributed by atoms with Gasteiger partial charge in [0.05, 0.1) is 18.9 Å². The molecular weight excluding hydrogens is 413 g/mol. The van der Waals surface area contributed by atoms with Crippen LogP contribution in [0, 0.1) is 5.92 Å². The molecule has 7 heteroatoms. The molecule has 1 aliphatic heterocycles. The highest BCUT2D eigenvalue weighted by atomic mass is 127. The van der Waals surface area contributed by atoms with Gasteiger partial charge >= 0.3 is 0 Å². The number of guanidine groups is 1. The number of nitrogens with zero attached hydrogens (tertiary/aromatic N) is 4. The minimum absolute atomic E-state index is 0. The molecule has 2 atom stereocenters. The number of aliphatic imine (C=N–C) groups is 1. The van der Waals surface area contributed by atoms with Gasteiger partial charge in [0, 0.05) is 37.1 Å². The molecular formula is C15H25ClIN5. The van der Waals surface area contributed by atoms with Crippen LogP contribution in [0.2, 0.25) is 0 Å². The van der Waals surface area contributed by atoms with Gasteiger partial charge in [0.2, 0.25) is 0 Å². The van der Waals surface area contributed by atoms with Gasteiger partial charge in [0.1, 0.15) is 0 Å². The van der Waals surface area contributed by atoms with Crippen LogP contribution in [0.4, 0.5) is 0 Å². The first-order valence-electron chi connectivity index (χ1n) is 7.45. The van der Waals surface area contributed by atoms with E-state index in [1.54, 1.807) is 0 Å². The fourth-order valence-corrected chi connectivity index (χ4v) is 2.74. The van der Waals surface area contributed by atoms with Gasteiger partial charge in [-0.3, -0.25) is 0 Å². The van der Waals surface area contributed by atoms with Crippen molar-refractivity contribution in [2.45, 2.75) is 26.3 Å². The predicted molar refractivity (Wildman–Crippen MR) is 103 cm³/mol. The maximum Gasteiger partial charge on any atom is 0.194 e. The SMILES string of the molecule is C=C(Cl)CN=C(NCC)N1CCC(C)C(n2ccnc2)C1.I. The maximum absolute atomic E-state index is 5.83. The summed E-state index contributed by atoms with van der Waals surface area (Å²) >= 11 is 5.83. The van der Waals surface area contributed by atoms with E-state index in [1.165, 1.54) is 0 Å². The number of hydrogen-bond donors (Lipinski definition) is 1. The van der Waals surface area contributed by atoms with E-state index in [-0.39, 0.29) is 24.0 Å². The smallest absolute Gasteiger partial charge is 0.194 e. The molecule has 0 aromatic carbocycles. The second kappa shape index (κ2) is 9.39. The van der Waals surface area contributed by atoms with Crippen LogP contribution in [0.3, 0.4) is 0 Å². The van der Waals surface area contributed by atoms with Crippen LogP contribution >= 0.6 is 35.6 Å². The van der Waals surface area contributed by atoms with Crippen LogP contribution in [0.25, 0.3) is 0 Å². The first-order valence-corrected chi connectivity index (χ1v) is 7.83. The minimum atomic E-state index is 0. The molecule has 0 saturated carbocycles. The molecule has 0 radical (unpaired) electrons. The Morgan fingerprint density at radius 3 is 2.91 bits per heavy atom. The van der Waals surface area contributed by atoms with Crippen molar-refractivity contribution in [1.82, 2.24) is 19.8 Å². The van der Waals surface area contributed by atoms with Crippen LogP contribution in [0.15, 0.2) is 35.3 Å². The third-order valence-electron chi connectivity index (χ3n) is 3.86. The molecule has 2 unspecified atom stereocenters. The molecule has 22 heavy (non-hydrogen) atoms. The Morgan fingerprint density at radius 1 is 1.55 bits per heavy atom. The van der Waals surface area contributed by atoms with Crippen molar-refractivity contribution in [3.8, 4) is 0 Å². The third-order valence-corrected chi connectivity index (χ3v) is 3.98. The van der Waals surface area contributed by atoms with Gasteiger partial charge in [-0.1, -0.05) is 25.1 Å². The molecule has 1 fully saturated rings. The Labute approximate surface area is 154 Å². The summed E-state index contributed by atoms with van der Waals surface area (Å²) in [5, 5.41) is 3.90. The van der Waals surface area contributed by atoms with Crippen LogP contribution < -0.4 is 5.32 Å². The minimum Gasteiger partial charge on any atom is -0.357 e. The summed E-state index contributed by atoms with van der Waals surface area (Å²) in [6.45, 7) is 11.3. The molecule has 2 rings (SSSR count). The van der Waals surface area contributed by atoms with E-state index >= 15 is 0 Å². The highest BCUT2D eigenvalue weighted by molar-refractivity contribution is 14.0. The number of hydrogen-bond acceptors (Lipinski definition) is 2. The number of aromatic nitrogens is 2. The zero-order valence-electron chi connectivity index (χ0n) is 13.2. The number of imidazole rings is 1. The second-order valence-electron chi connectivity index (χ2n) is 5.48. The summed E-state index contributed by atoms with van der Waals surface area (Å²) in [6, 6.07) is 0.421. The predicted octanol–water partition coefficient (Wildman–Crippen LogP) is 3.10. The van der Waals surface area contributed by atoms with Crippen LogP contribution in [0.5, 0.6) is 0 Å². The highest BCUT2D eigenvalue weighted by Gasteiger charge is 2.28. The zero-order chi connectivity index (χ0) is 15.2. The average molecular weight is 438 g/mol. The molecule has 1 saturated heterocycles. The number of halogens is 2. The topological polar surface area (TPSA) is 45.5 Å². The van der Waals surface area contributed by atoms with Crippen molar-refractivity contribution in [3.05, 3.63) is 30.3 Å². The molecule has 0 bridgehead atoms. The molecule has 1 aliphatic rings. The van der Waals surface area contributed by atoms with Gasteiger partial charge in [-0.05, 0) is 19.3 Å². The summed E-state index contributed by atoms with van der Waals surface area (Å²) < 4.78 is 2.20. The van der Waals surface area contributed by atoms with E-state index in [1.807, 2.05) is 18.7 Å². The van der Waals surface area contributed by atoms with Crippen molar-refractivity contribution in [2.75, 3.05) is 26.2 Å². The van der Waals surface area contributed by atoms with Crippen molar-refractivity contribution in [2.24, 2.45) is 10.9 Å². The lowest BCUT2D eigenvalue weighted by Gasteiger charge is -2.39. The van der Waals surface area contributed by atoms with E-state index in [2.05, 4.69) is 45.2 Å². The Morgan fingerprint density at radius 2 is 2.32 bits per heavy atom. The fourth-order valence-electron chi connectivity index (χ4n) is 2.68. The normalized spacial score (nSPS) is 22.1. The Bertz CT molecular complexity index is 488. The molecule has 1 N–H and O–H groups in total. The standard InChI is InChI=1S/C15H24ClN5.HI/c1-4-18-15(19-9-13(3)16)20-7-5-12(2)14(10-20)21-8-6-17-11-21;/h6,8,11-12,14H,3-5,7,9-10H2,1-2H3,(H,18,19);1H. The number of piperidine rings is 1. The first-order chi connectivity index (χ1) is 10.1. The third kappa shape index (κ3) is 5.15. The molecule has 0 spiro atoms. The van der Waals surface area contributed by atoms with Gasteiger partial charge < -0.3 is 14.8 Å². The Kier molecular flexibility index (Phi) is 8.24. The molecule has 1 aromatic heterocycles.